The molecule has 130 heavy (non-hydrogen) atoms. The van der Waals surface area contributed by atoms with Gasteiger partial charge in [-0.3, -0.25) is 59.8 Å². The number of hydrogen-bond acceptors (Lipinski definition) is 14. The van der Waals surface area contributed by atoms with Gasteiger partial charge in [0.05, 0.1) is 89.7 Å². The molecule has 20 rings (SSSR count). The van der Waals surface area contributed by atoms with Gasteiger partial charge in [0.2, 0.25) is 0 Å². The van der Waals surface area contributed by atoms with Gasteiger partial charge in [-0.15, -0.1) is 0 Å². The van der Waals surface area contributed by atoms with E-state index < -0.39 is 31.2 Å². The van der Waals surface area contributed by atoms with Gasteiger partial charge in [0.15, 0.2) is 0 Å². The monoisotopic (exact) mass is 2070 g/mol. The fourth-order valence-electron chi connectivity index (χ4n) is 12.0. The van der Waals surface area contributed by atoms with Crippen LogP contribution in [0.15, 0.2) is 353 Å². The number of nitrogens with zero attached hydrogens (tertiary/aromatic N) is 14. The zero-order valence-electron chi connectivity index (χ0n) is 65.3. The number of benzene rings is 6. The minimum absolute atomic E-state index is 0. The van der Waals surface area contributed by atoms with Crippen LogP contribution in [0.1, 0.15) is 0 Å². The molecule has 0 bridgehead atoms. The minimum Gasteiger partial charge on any atom is -0.255 e. The third kappa shape index (κ3) is 35.1. The number of hydrogen-bond donors (Lipinski definition) is 0. The van der Waals surface area contributed by atoms with Crippen molar-refractivity contribution < 1.29 is 140 Å². The Bertz CT molecular complexity index is 6450. The van der Waals surface area contributed by atoms with Crippen LogP contribution in [0.4, 0.5) is 101 Å². The van der Waals surface area contributed by atoms with Crippen LogP contribution >= 0.6 is 31.2 Å². The van der Waals surface area contributed by atoms with Gasteiger partial charge < -0.3 is 0 Å². The van der Waals surface area contributed by atoms with Gasteiger partial charge in [0.25, 0.3) is 0 Å². The summed E-state index contributed by atoms with van der Waals surface area (Å²) in [5.74, 6) is 0. The molecule has 44 heteroatoms. The molecular weight excluding hydrogens is 2010 g/mol. The van der Waals surface area contributed by atoms with E-state index in [1.54, 1.807) is 49.6 Å². The molecule has 0 saturated carbocycles. The molecule has 0 saturated heterocycles. The van der Waals surface area contributed by atoms with Gasteiger partial charge in [-0.05, 0) is 179 Å². The van der Waals surface area contributed by atoms with Crippen molar-refractivity contribution in [2.75, 3.05) is 0 Å². The summed E-state index contributed by atoms with van der Waals surface area (Å²) in [4.78, 5) is 62.0. The van der Waals surface area contributed by atoms with Crippen molar-refractivity contribution in [3.8, 4) is 45.6 Å². The van der Waals surface area contributed by atoms with Gasteiger partial charge >= 0.3 is 171 Å². The van der Waals surface area contributed by atoms with Crippen LogP contribution in [0.25, 0.3) is 154 Å². The topological polar surface area (TPSA) is 180 Å². The first-order valence-corrected chi connectivity index (χ1v) is 44.6. The van der Waals surface area contributed by atoms with Crippen molar-refractivity contribution in [2.45, 2.75) is 0 Å². The molecule has 0 N–H and O–H groups in total. The Kier molecular flexibility index (Phi) is 29.1. The fraction of sp³-hybridized carbons (Fsp3) is 0. The molecule has 14 nitrogen and oxygen atoms in total. The molecule has 20 aromatic rings. The summed E-state index contributed by atoms with van der Waals surface area (Å²) in [5.41, 5.74) is 15.0. The molecule has 6 aromatic carbocycles. The average Bonchev–Trinajstić information content (AvgIpc) is 0.729. The number of pyridine rings is 14. The molecule has 676 valence electrons. The van der Waals surface area contributed by atoms with Crippen LogP contribution < -0.4 is 0 Å². The molecule has 0 radical (unpaired) electrons. The molecule has 0 unspecified atom stereocenters. The molecule has 0 aliphatic carbocycles. The van der Waals surface area contributed by atoms with Crippen LogP contribution in [0.2, 0.25) is 0 Å². The summed E-state index contributed by atoms with van der Waals surface area (Å²) in [5, 5.41) is 13.8. The first-order chi connectivity index (χ1) is 59.5. The predicted octanol–water partition coefficient (Wildman–Crippen LogP) is 33.4. The van der Waals surface area contributed by atoms with Gasteiger partial charge in [-0.2, -0.15) is 0 Å². The first kappa shape index (κ1) is 101. The third-order valence-electron chi connectivity index (χ3n) is 16.6. The minimum atomic E-state index is -10.7. The normalized spacial score (nSPS) is 13.3. The Morgan fingerprint density at radius 3 is 0.531 bits per heavy atom. The van der Waals surface area contributed by atoms with Crippen LogP contribution in [0, 0.1) is 0 Å². The molecule has 14 heterocycles. The fourth-order valence-corrected chi connectivity index (χ4v) is 12.0. The van der Waals surface area contributed by atoms with Crippen LogP contribution in [0.3, 0.4) is 0 Å². The maximum atomic E-state index is 9.87. The molecule has 0 aliphatic rings. The van der Waals surface area contributed by atoms with Crippen molar-refractivity contribution in [1.82, 2.24) is 69.8 Å². The van der Waals surface area contributed by atoms with Gasteiger partial charge in [-0.25, -0.2) is 9.97 Å². The number of rotatable bonds is 4. The van der Waals surface area contributed by atoms with Gasteiger partial charge in [0, 0.05) is 117 Å². The SMILES string of the molecule is F[P-](F)(F)(F)(F)F.F[P-](F)(F)(F)(F)F.F[P-](F)(F)(F)(F)F.F[P-](F)(F)(F)(F)F.[Ru+2].[Ru+2].c1ccc(-c2ccccn2)nc1.c1ccc(-c2ccccn2)nc1.c1ccc(-c2ccccn2)nc1.c1ccc(-c2ccccn2)nc1.c1ccc2c(c1)ccc1nc3c(cc12)c1cccnc1c1ncccc31.c1ccc2c(c1)ccc1nc3c(cc12)c1cccnc1c1ncccc31. The first-order valence-electron chi connectivity index (χ1n) is 36.5. The largest absolute Gasteiger partial charge is 2.00 e. The van der Waals surface area contributed by atoms with E-state index in [0.29, 0.717) is 0 Å². The number of halogens is 24. The predicted molar refractivity (Wildman–Crippen MR) is 459 cm³/mol. The van der Waals surface area contributed by atoms with E-state index >= 15 is 0 Å². The second-order valence-electron chi connectivity index (χ2n) is 26.6. The molecule has 0 aliphatic heterocycles. The molecule has 0 amide bonds. The molecule has 0 fully saturated rings. The van der Waals surface area contributed by atoms with Crippen LogP contribution in [0.5, 0.6) is 0 Å². The number of fused-ring (bicyclic) bond motifs is 18. The zero-order chi connectivity index (χ0) is 92.7. The quantitative estimate of drug-likeness (QED) is 0.0534. The maximum absolute atomic E-state index is 10.7. The molecule has 14 aromatic heterocycles. The van der Waals surface area contributed by atoms with Gasteiger partial charge in [0.1, 0.15) is 0 Å². The van der Waals surface area contributed by atoms with E-state index in [0.717, 1.165) is 122 Å². The van der Waals surface area contributed by atoms with Gasteiger partial charge in [-0.1, -0.05) is 121 Å². The van der Waals surface area contributed by atoms with Crippen molar-refractivity contribution in [2.24, 2.45) is 0 Å². The smallest absolute Gasteiger partial charge is 0.255 e. The van der Waals surface area contributed by atoms with Crippen molar-refractivity contribution >= 4 is 140 Å². The van der Waals surface area contributed by atoms with E-state index in [-0.39, 0.29) is 39.0 Å². The average molecular weight is 2070 g/mol. The summed E-state index contributed by atoms with van der Waals surface area (Å²) in [6.07, 6.45) is 21.4. The van der Waals surface area contributed by atoms with E-state index in [1.807, 2.05) is 195 Å². The van der Waals surface area contributed by atoms with Crippen LogP contribution in [-0.2, 0) is 39.0 Å². The second kappa shape index (κ2) is 37.4. The Morgan fingerprint density at radius 1 is 0.146 bits per heavy atom. The van der Waals surface area contributed by atoms with E-state index in [2.05, 4.69) is 169 Å². The van der Waals surface area contributed by atoms with E-state index in [1.165, 1.54) is 32.3 Å². The summed E-state index contributed by atoms with van der Waals surface area (Å²) < 4.78 is 237. The summed E-state index contributed by atoms with van der Waals surface area (Å²) in [6, 6.07) is 92.5. The number of aromatic nitrogens is 14. The summed E-state index contributed by atoms with van der Waals surface area (Å²) in [7, 11) is -42.6. The van der Waals surface area contributed by atoms with Crippen molar-refractivity contribution in [3.63, 3.8) is 0 Å². The van der Waals surface area contributed by atoms with Crippen molar-refractivity contribution in [1.29, 1.82) is 0 Å². The Labute approximate surface area is 744 Å². The Morgan fingerprint density at radius 2 is 0.323 bits per heavy atom. The zero-order valence-corrected chi connectivity index (χ0v) is 72.4. The summed E-state index contributed by atoms with van der Waals surface area (Å²) in [6.45, 7) is 0. The molecule has 0 atom stereocenters. The van der Waals surface area contributed by atoms with E-state index in [9.17, 15) is 101 Å². The van der Waals surface area contributed by atoms with Crippen molar-refractivity contribution in [3.05, 3.63) is 353 Å². The Balaban J connectivity index is 0.000000170. The third-order valence-corrected chi connectivity index (χ3v) is 16.6. The second-order valence-corrected chi connectivity index (χ2v) is 34.3. The van der Waals surface area contributed by atoms with E-state index in [4.69, 9.17) is 9.97 Å². The molecule has 0 spiro atoms. The maximum Gasteiger partial charge on any atom is 2.00 e. The molecular formula is C86H58F24N14P4Ru2. The summed E-state index contributed by atoms with van der Waals surface area (Å²) >= 11 is 0. The Hall–Kier alpha value is -12.7. The van der Waals surface area contributed by atoms with Crippen LogP contribution in [-0.4, -0.2) is 69.8 Å². The standard InChI is InChI=1S/2C23H13N3.4C10H8N2.4F6P.2Ru/c2*1-2-6-15-14(5-1)9-10-20-18(15)13-19-16-7-3-11-24-22(16)23-17(21(19)26-20)8-4-12-25-23;4*1-3-7-11-9(5-1)10-6-2-4-8-12-10;4*1-7(2,3,4,5)6;;/h2*1-13H;4*1-8H;;;;;;/q;;;;;;4*-1;2*+2.